The lowest BCUT2D eigenvalue weighted by Crippen LogP contribution is -2.39. The van der Waals surface area contributed by atoms with Crippen molar-refractivity contribution in [1.82, 2.24) is 19.8 Å². The molecular weight excluding hydrogens is 548 g/mol. The van der Waals surface area contributed by atoms with Gasteiger partial charge in [0.2, 0.25) is 0 Å². The molecule has 9 nitrogen and oxygen atoms in total. The van der Waals surface area contributed by atoms with E-state index in [1.165, 1.54) is 0 Å². The van der Waals surface area contributed by atoms with E-state index in [4.69, 9.17) is 47.4 Å². The zero-order chi connectivity index (χ0) is 27.8. The molecule has 12 heteroatoms. The van der Waals surface area contributed by atoms with E-state index >= 15 is 0 Å². The Kier molecular flexibility index (Phi) is 11.0. The van der Waals surface area contributed by atoms with E-state index in [2.05, 4.69) is 10.2 Å². The Balaban J connectivity index is 1.48. The molecule has 0 saturated carbocycles. The van der Waals surface area contributed by atoms with E-state index < -0.39 is 18.9 Å². The maximum atomic E-state index is 13.0. The number of hydrogen-bond donors (Lipinski definition) is 1. The van der Waals surface area contributed by atoms with Gasteiger partial charge in [-0.25, -0.2) is 19.2 Å². The van der Waals surface area contributed by atoms with Crippen LogP contribution in [0.5, 0.6) is 0 Å². The van der Waals surface area contributed by atoms with E-state index in [0.717, 1.165) is 30.0 Å². The smallest absolute Gasteiger partial charge is 0.409 e. The molecule has 1 amide bonds. The Morgan fingerprint density at radius 1 is 1.13 bits per heavy atom. The van der Waals surface area contributed by atoms with Crippen LogP contribution in [-0.2, 0) is 27.1 Å². The number of alkyl halides is 1. The Morgan fingerprint density at radius 3 is 2.59 bits per heavy atom. The van der Waals surface area contributed by atoms with Gasteiger partial charge in [-0.1, -0.05) is 37.0 Å². The number of amides is 1. The van der Waals surface area contributed by atoms with Crippen LogP contribution < -0.4 is 5.32 Å². The topological polar surface area (TPSA) is 89.1 Å². The minimum absolute atomic E-state index is 0.0523. The first-order chi connectivity index (χ1) is 18.9. The number of halogens is 3. The van der Waals surface area contributed by atoms with Crippen LogP contribution in [0.4, 0.5) is 15.0 Å². The van der Waals surface area contributed by atoms with Gasteiger partial charge in [0.1, 0.15) is 19.1 Å². The van der Waals surface area contributed by atoms with Crippen LogP contribution in [0.1, 0.15) is 25.2 Å². The van der Waals surface area contributed by atoms with Crippen LogP contribution >= 0.6 is 23.2 Å². The summed E-state index contributed by atoms with van der Waals surface area (Å²) in [4.78, 5) is 26.5. The lowest BCUT2D eigenvalue weighted by Gasteiger charge is -2.26. The molecule has 2 saturated heterocycles. The lowest BCUT2D eigenvalue weighted by atomic mass is 10.1. The first-order valence-corrected chi connectivity index (χ1v) is 14.2. The number of benzene rings is 1. The quantitative estimate of drug-likeness (QED) is 0.414. The fourth-order valence-electron chi connectivity index (χ4n) is 4.79. The van der Waals surface area contributed by atoms with Gasteiger partial charge in [0, 0.05) is 36.8 Å². The van der Waals surface area contributed by atoms with Gasteiger partial charge in [0.25, 0.3) is 0 Å². The average Bonchev–Trinajstić information content (AvgIpc) is 3.35. The molecule has 2 aliphatic heterocycles. The van der Waals surface area contributed by atoms with Crippen molar-refractivity contribution in [3.63, 3.8) is 0 Å². The third-order valence-corrected chi connectivity index (χ3v) is 7.44. The molecule has 1 aromatic heterocycles. The molecule has 0 unspecified atom stereocenters. The van der Waals surface area contributed by atoms with E-state index in [0.29, 0.717) is 73.9 Å². The fourth-order valence-corrected chi connectivity index (χ4v) is 5.29. The first-order valence-electron chi connectivity index (χ1n) is 13.4. The molecule has 39 heavy (non-hydrogen) atoms. The van der Waals surface area contributed by atoms with Gasteiger partial charge in [-0.05, 0) is 31.0 Å². The van der Waals surface area contributed by atoms with Crippen LogP contribution in [0, 0.1) is 0 Å². The van der Waals surface area contributed by atoms with Gasteiger partial charge in [0.15, 0.2) is 0 Å². The van der Waals surface area contributed by atoms with Crippen molar-refractivity contribution in [2.24, 2.45) is 0 Å². The maximum absolute atomic E-state index is 13.0. The van der Waals surface area contributed by atoms with Crippen molar-refractivity contribution in [3.05, 3.63) is 39.6 Å². The highest BCUT2D eigenvalue weighted by atomic mass is 35.5. The predicted molar refractivity (Wildman–Crippen MR) is 150 cm³/mol. The van der Waals surface area contributed by atoms with E-state index in [-0.39, 0.29) is 12.6 Å². The molecule has 214 valence electrons. The second-order valence-corrected chi connectivity index (χ2v) is 10.3. The Labute approximate surface area is 238 Å². The molecule has 2 aromatic rings. The number of likely N-dealkylation sites (tertiary alicyclic amines) is 1. The van der Waals surface area contributed by atoms with Crippen molar-refractivity contribution in [2.45, 2.75) is 38.8 Å². The monoisotopic (exact) mass is 583 g/mol. The molecule has 2 fully saturated rings. The largest absolute Gasteiger partial charge is 0.448 e. The summed E-state index contributed by atoms with van der Waals surface area (Å²) in [7, 11) is 0. The Hall–Kier alpha value is -2.24. The number of rotatable bonds is 11. The van der Waals surface area contributed by atoms with Gasteiger partial charge in [-0.2, -0.15) is 0 Å². The maximum Gasteiger partial charge on any atom is 0.409 e. The van der Waals surface area contributed by atoms with E-state index in [1.807, 2.05) is 19.9 Å². The highest BCUT2D eigenvalue weighted by Crippen LogP contribution is 2.33. The third kappa shape index (κ3) is 7.70. The number of carbonyl (C=O) groups excluding carboxylic acids is 1. The van der Waals surface area contributed by atoms with Crippen molar-refractivity contribution in [2.75, 3.05) is 71.1 Å². The zero-order valence-electron chi connectivity index (χ0n) is 22.4. The summed E-state index contributed by atoms with van der Waals surface area (Å²) in [6.07, 6.45) is 0.418. The molecule has 1 N–H and O–H groups in total. The summed E-state index contributed by atoms with van der Waals surface area (Å²) in [6, 6.07) is 5.01. The minimum atomic E-state index is -0.607. The molecule has 1 aromatic carbocycles. The van der Waals surface area contributed by atoms with E-state index in [9.17, 15) is 9.18 Å². The Morgan fingerprint density at radius 2 is 1.90 bits per heavy atom. The second-order valence-electron chi connectivity index (χ2n) is 9.47. The van der Waals surface area contributed by atoms with Crippen molar-refractivity contribution in [1.29, 1.82) is 0 Å². The molecule has 0 spiro atoms. The summed E-state index contributed by atoms with van der Waals surface area (Å²) in [5.74, 6) is 0.615. The molecular formula is C27H36Cl2FN5O4. The summed E-state index contributed by atoms with van der Waals surface area (Å²) >= 11 is 12.6. The number of carbonyl (C=O) groups is 1. The molecule has 4 rings (SSSR count). The standard InChI is InChI=1S/C27H36Cl2FN5O4/c1-3-21-25(19-6-5-18(28)15-20(19)29)31-22(4-2)26(32-21)33-23-16-35(17-24(23)38-11-7-30)27(36)39-14-10-34-8-12-37-13-9-34/h5-6,15,23-24H,3-4,7-14,16-17H2,1-2H3,(H,32,33)/t23-,24+/m1/s1. The van der Waals surface area contributed by atoms with Crippen LogP contribution in [-0.4, -0.2) is 104 Å². The number of anilines is 1. The number of nitrogens with zero attached hydrogens (tertiary/aromatic N) is 4. The molecule has 0 bridgehead atoms. The average molecular weight is 585 g/mol. The zero-order valence-corrected chi connectivity index (χ0v) is 23.9. The highest BCUT2D eigenvalue weighted by molar-refractivity contribution is 6.36. The van der Waals surface area contributed by atoms with Gasteiger partial charge in [0.05, 0.1) is 60.6 Å². The van der Waals surface area contributed by atoms with Gasteiger partial charge < -0.3 is 24.4 Å². The van der Waals surface area contributed by atoms with Crippen molar-refractivity contribution >= 4 is 35.1 Å². The van der Waals surface area contributed by atoms with Crippen LogP contribution in [0.15, 0.2) is 18.2 Å². The SMILES string of the molecule is CCc1nc(-c2ccc(Cl)cc2Cl)c(CC)nc1N[C@@H]1CN(C(=O)OCCN2CCOCC2)C[C@@H]1OCCF. The Bertz CT molecular complexity index is 1120. The number of nitrogens with one attached hydrogen (secondary N) is 1. The van der Waals surface area contributed by atoms with Crippen LogP contribution in [0.3, 0.4) is 0 Å². The minimum Gasteiger partial charge on any atom is -0.448 e. The number of aryl methyl sites for hydroxylation is 2. The number of ether oxygens (including phenoxy) is 3. The summed E-state index contributed by atoms with van der Waals surface area (Å²) in [5, 5.41) is 4.50. The van der Waals surface area contributed by atoms with Gasteiger partial charge in [-0.3, -0.25) is 4.90 Å². The molecule has 2 aliphatic rings. The lowest BCUT2D eigenvalue weighted by molar-refractivity contribution is 0.0233. The predicted octanol–water partition coefficient (Wildman–Crippen LogP) is 4.49. The second kappa shape index (κ2) is 14.4. The molecule has 2 atom stereocenters. The van der Waals surface area contributed by atoms with Crippen molar-refractivity contribution in [3.8, 4) is 11.3 Å². The number of aromatic nitrogens is 2. The third-order valence-electron chi connectivity index (χ3n) is 6.89. The summed E-state index contributed by atoms with van der Waals surface area (Å²) in [5.41, 5.74) is 3.01. The highest BCUT2D eigenvalue weighted by Gasteiger charge is 2.37. The molecule has 0 radical (unpaired) electrons. The number of hydrogen-bond acceptors (Lipinski definition) is 8. The van der Waals surface area contributed by atoms with Crippen molar-refractivity contribution < 1.29 is 23.4 Å². The van der Waals surface area contributed by atoms with Crippen LogP contribution in [0.25, 0.3) is 11.3 Å². The van der Waals surface area contributed by atoms with E-state index in [1.54, 1.807) is 17.0 Å². The van der Waals surface area contributed by atoms with Gasteiger partial charge in [-0.15, -0.1) is 0 Å². The molecule has 0 aliphatic carbocycles. The van der Waals surface area contributed by atoms with Crippen LogP contribution in [0.2, 0.25) is 10.0 Å². The van der Waals surface area contributed by atoms with Gasteiger partial charge >= 0.3 is 6.09 Å². The summed E-state index contributed by atoms with van der Waals surface area (Å²) in [6.45, 7) is 7.97. The normalized spacial score (nSPS) is 19.9. The molecule has 3 heterocycles. The number of morpholine rings is 1. The fraction of sp³-hybridized carbons (Fsp3) is 0.593. The first kappa shape index (κ1) is 29.7. The summed E-state index contributed by atoms with van der Waals surface area (Å²) < 4.78 is 29.7.